The van der Waals surface area contributed by atoms with Crippen LogP contribution in [0.2, 0.25) is 0 Å². The van der Waals surface area contributed by atoms with Gasteiger partial charge in [-0.1, -0.05) is 12.1 Å². The van der Waals surface area contributed by atoms with E-state index in [2.05, 4.69) is 20.5 Å². The molecule has 0 spiro atoms. The monoisotopic (exact) mass is 356 g/mol. The Morgan fingerprint density at radius 1 is 1.23 bits per heavy atom. The van der Waals surface area contributed by atoms with E-state index in [9.17, 15) is 4.79 Å². The van der Waals surface area contributed by atoms with Crippen LogP contribution < -0.4 is 25.0 Å². The van der Waals surface area contributed by atoms with Crippen LogP contribution in [-0.4, -0.2) is 44.4 Å². The second kappa shape index (κ2) is 8.42. The summed E-state index contributed by atoms with van der Waals surface area (Å²) in [6.45, 7) is 2.07. The van der Waals surface area contributed by atoms with Crippen LogP contribution in [0.3, 0.4) is 0 Å². The Balaban J connectivity index is 1.48. The van der Waals surface area contributed by atoms with Crippen molar-refractivity contribution in [1.82, 2.24) is 15.6 Å². The van der Waals surface area contributed by atoms with Gasteiger partial charge in [-0.25, -0.2) is 9.78 Å². The number of anilines is 1. The molecule has 1 aliphatic heterocycles. The molecule has 0 saturated carbocycles. The zero-order chi connectivity index (χ0) is 18.4. The van der Waals surface area contributed by atoms with Crippen molar-refractivity contribution in [2.24, 2.45) is 0 Å². The fraction of sp³-hybridized carbons (Fsp3) is 0.368. The number of nitrogens with zero attached hydrogens (tertiary/aromatic N) is 2. The third-order valence-electron chi connectivity index (χ3n) is 4.40. The van der Waals surface area contributed by atoms with E-state index in [0.29, 0.717) is 18.0 Å². The average molecular weight is 356 g/mol. The van der Waals surface area contributed by atoms with Crippen LogP contribution in [0.15, 0.2) is 42.6 Å². The van der Waals surface area contributed by atoms with Crippen LogP contribution in [-0.2, 0) is 6.54 Å². The van der Waals surface area contributed by atoms with E-state index in [0.717, 1.165) is 30.9 Å². The molecule has 1 aromatic carbocycles. The summed E-state index contributed by atoms with van der Waals surface area (Å²) in [4.78, 5) is 18.7. The number of urea groups is 1. The molecule has 26 heavy (non-hydrogen) atoms. The summed E-state index contributed by atoms with van der Waals surface area (Å²) in [6, 6.07) is 11.4. The topological polar surface area (TPSA) is 75.7 Å². The Bertz CT molecular complexity index is 739. The molecule has 0 bridgehead atoms. The number of aromatic nitrogens is 1. The summed E-state index contributed by atoms with van der Waals surface area (Å²) >= 11 is 0. The van der Waals surface area contributed by atoms with Crippen molar-refractivity contribution in [2.75, 3.05) is 32.2 Å². The van der Waals surface area contributed by atoms with E-state index in [1.54, 1.807) is 20.4 Å². The molecular formula is C19H24N4O3. The molecule has 138 valence electrons. The minimum absolute atomic E-state index is 0.113. The van der Waals surface area contributed by atoms with Crippen LogP contribution in [0.4, 0.5) is 10.6 Å². The Labute approximate surface area is 153 Å². The first-order valence-corrected chi connectivity index (χ1v) is 8.61. The third kappa shape index (κ3) is 4.36. The van der Waals surface area contributed by atoms with Crippen LogP contribution in [0.25, 0.3) is 0 Å². The number of ether oxygens (including phenoxy) is 2. The first kappa shape index (κ1) is 17.8. The summed E-state index contributed by atoms with van der Waals surface area (Å²) in [6.07, 6.45) is 2.69. The predicted molar refractivity (Wildman–Crippen MR) is 99.8 cm³/mol. The lowest BCUT2D eigenvalue weighted by molar-refractivity contribution is 0.237. The van der Waals surface area contributed by atoms with Gasteiger partial charge in [0.05, 0.1) is 14.2 Å². The fourth-order valence-corrected chi connectivity index (χ4v) is 3.04. The molecule has 1 aliphatic rings. The van der Waals surface area contributed by atoms with Gasteiger partial charge in [0.1, 0.15) is 5.82 Å². The summed E-state index contributed by atoms with van der Waals surface area (Å²) in [5, 5.41) is 5.91. The first-order chi connectivity index (χ1) is 12.7. The number of rotatable bonds is 6. The minimum Gasteiger partial charge on any atom is -0.493 e. The lowest BCUT2D eigenvalue weighted by Crippen LogP contribution is -2.43. The maximum atomic E-state index is 12.2. The zero-order valence-electron chi connectivity index (χ0n) is 15.1. The van der Waals surface area contributed by atoms with Crippen molar-refractivity contribution >= 4 is 11.8 Å². The largest absolute Gasteiger partial charge is 0.493 e. The Morgan fingerprint density at radius 2 is 2.08 bits per heavy atom. The van der Waals surface area contributed by atoms with Crippen molar-refractivity contribution in [1.29, 1.82) is 0 Å². The molecule has 7 heteroatoms. The number of carbonyl (C=O) groups excluding carboxylic acids is 1. The van der Waals surface area contributed by atoms with Gasteiger partial charge in [0.25, 0.3) is 0 Å². The van der Waals surface area contributed by atoms with Crippen molar-refractivity contribution in [3.05, 3.63) is 48.2 Å². The van der Waals surface area contributed by atoms with Gasteiger partial charge in [0.15, 0.2) is 11.5 Å². The molecule has 1 aromatic heterocycles. The summed E-state index contributed by atoms with van der Waals surface area (Å²) in [7, 11) is 3.19. The fourth-order valence-electron chi connectivity index (χ4n) is 3.04. The molecule has 7 nitrogen and oxygen atoms in total. The molecule has 0 radical (unpaired) electrons. The number of hydrogen-bond donors (Lipinski definition) is 2. The smallest absolute Gasteiger partial charge is 0.315 e. The molecule has 1 saturated heterocycles. The summed E-state index contributed by atoms with van der Waals surface area (Å²) < 4.78 is 10.5. The highest BCUT2D eigenvalue weighted by Crippen LogP contribution is 2.27. The quantitative estimate of drug-likeness (QED) is 0.830. The van der Waals surface area contributed by atoms with E-state index in [-0.39, 0.29) is 12.1 Å². The van der Waals surface area contributed by atoms with E-state index in [1.807, 2.05) is 36.4 Å². The molecule has 1 atom stereocenters. The van der Waals surface area contributed by atoms with Gasteiger partial charge in [0.2, 0.25) is 0 Å². The first-order valence-electron chi connectivity index (χ1n) is 8.61. The number of pyridine rings is 1. The van der Waals surface area contributed by atoms with Crippen LogP contribution in [0.5, 0.6) is 11.5 Å². The second-order valence-corrected chi connectivity index (χ2v) is 6.14. The normalized spacial score (nSPS) is 16.2. The molecule has 0 aliphatic carbocycles. The summed E-state index contributed by atoms with van der Waals surface area (Å²) in [5.41, 5.74) is 0.944. The lowest BCUT2D eigenvalue weighted by Gasteiger charge is -2.18. The number of amides is 2. The average Bonchev–Trinajstić information content (AvgIpc) is 3.15. The standard InChI is InChI=1S/C19H24N4O3/c1-25-16-7-6-14(11-17(16)26-2)12-21-19(24)22-15-8-10-23(13-15)18-5-3-4-9-20-18/h3-7,9,11,15H,8,10,12-13H2,1-2H3,(H2,21,22,24). The zero-order valence-corrected chi connectivity index (χ0v) is 15.1. The van der Waals surface area contributed by atoms with Crippen LogP contribution >= 0.6 is 0 Å². The molecule has 3 rings (SSSR count). The molecule has 2 heterocycles. The van der Waals surface area contributed by atoms with Crippen LogP contribution in [0.1, 0.15) is 12.0 Å². The number of carbonyl (C=O) groups is 1. The highest BCUT2D eigenvalue weighted by molar-refractivity contribution is 5.74. The molecule has 1 unspecified atom stereocenters. The van der Waals surface area contributed by atoms with Crippen molar-refractivity contribution in [2.45, 2.75) is 19.0 Å². The minimum atomic E-state index is -0.173. The van der Waals surface area contributed by atoms with Crippen molar-refractivity contribution in [3.63, 3.8) is 0 Å². The summed E-state index contributed by atoms with van der Waals surface area (Å²) in [5.74, 6) is 2.26. The number of methoxy groups -OCH3 is 2. The van der Waals surface area contributed by atoms with Crippen molar-refractivity contribution in [3.8, 4) is 11.5 Å². The Hall–Kier alpha value is -2.96. The SMILES string of the molecule is COc1ccc(CNC(=O)NC2CCN(c3ccccn3)C2)cc1OC. The van der Waals surface area contributed by atoms with Gasteiger partial charge >= 0.3 is 6.03 Å². The van der Waals surface area contributed by atoms with Gasteiger partial charge in [-0.3, -0.25) is 0 Å². The van der Waals surface area contributed by atoms with Gasteiger partial charge in [0, 0.05) is 31.9 Å². The molecular weight excluding hydrogens is 332 g/mol. The number of hydrogen-bond acceptors (Lipinski definition) is 5. The Morgan fingerprint density at radius 3 is 2.81 bits per heavy atom. The van der Waals surface area contributed by atoms with Crippen LogP contribution in [0, 0.1) is 0 Å². The van der Waals surface area contributed by atoms with E-state index in [1.165, 1.54) is 0 Å². The second-order valence-electron chi connectivity index (χ2n) is 6.14. The number of nitrogens with one attached hydrogen (secondary N) is 2. The molecule has 1 fully saturated rings. The lowest BCUT2D eigenvalue weighted by atomic mass is 10.2. The maximum absolute atomic E-state index is 12.2. The highest BCUT2D eigenvalue weighted by Gasteiger charge is 2.24. The van der Waals surface area contributed by atoms with E-state index < -0.39 is 0 Å². The Kier molecular flexibility index (Phi) is 5.78. The van der Waals surface area contributed by atoms with Gasteiger partial charge in [-0.05, 0) is 36.2 Å². The molecule has 2 N–H and O–H groups in total. The highest BCUT2D eigenvalue weighted by atomic mass is 16.5. The van der Waals surface area contributed by atoms with Crippen molar-refractivity contribution < 1.29 is 14.3 Å². The molecule has 2 amide bonds. The molecule has 2 aromatic rings. The number of benzene rings is 1. The third-order valence-corrected chi connectivity index (χ3v) is 4.40. The van der Waals surface area contributed by atoms with E-state index >= 15 is 0 Å². The van der Waals surface area contributed by atoms with Gasteiger partial charge < -0.3 is 25.0 Å². The van der Waals surface area contributed by atoms with E-state index in [4.69, 9.17) is 9.47 Å². The van der Waals surface area contributed by atoms with Gasteiger partial charge in [-0.2, -0.15) is 0 Å². The van der Waals surface area contributed by atoms with Gasteiger partial charge in [-0.15, -0.1) is 0 Å². The maximum Gasteiger partial charge on any atom is 0.315 e. The predicted octanol–water partition coefficient (Wildman–Crippen LogP) is 2.18.